The molecule has 0 amide bonds. The van der Waals surface area contributed by atoms with Crippen LogP contribution in [-0.2, 0) is 71.4 Å². The van der Waals surface area contributed by atoms with E-state index in [4.69, 9.17) is 42.6 Å². The second kappa shape index (κ2) is 14.9. The van der Waals surface area contributed by atoms with Crippen LogP contribution in [-0.4, -0.2) is 98.2 Å². The highest BCUT2D eigenvalue weighted by molar-refractivity contribution is 6.04. The first-order valence-corrected chi connectivity index (χ1v) is 12.9. The van der Waals surface area contributed by atoms with Gasteiger partial charge in [-0.15, -0.1) is 0 Å². The summed E-state index contributed by atoms with van der Waals surface area (Å²) in [5.41, 5.74) is -1.84. The molecule has 0 aromatic rings. The summed E-state index contributed by atoms with van der Waals surface area (Å²) in [5.74, 6) is -5.19. The van der Waals surface area contributed by atoms with Gasteiger partial charge in [-0.3, -0.25) is 19.2 Å². The molecule has 1 fully saturated rings. The van der Waals surface area contributed by atoms with Crippen LogP contribution in [0.3, 0.4) is 0 Å². The standard InChI is InChI=1S/C26H36O15/c1-8-33-24(31)26(25(32)34-9-2)11-10-13(3)22(41-26)40-23-21(38-17(7)30)20(37-16(6)29)19(36-15(5)28)18(39-23)12-35-14(4)27/h10,18-23H,8-9,11-12H2,1-7H3/t18-,19-,20+,21-,22-,23+/m1/s1. The molecule has 0 aliphatic carbocycles. The number of rotatable bonds is 11. The number of carbonyl (C=O) groups excluding carboxylic acids is 6. The van der Waals surface area contributed by atoms with Gasteiger partial charge >= 0.3 is 35.8 Å². The van der Waals surface area contributed by atoms with Crippen molar-refractivity contribution in [1.82, 2.24) is 0 Å². The average molecular weight is 589 g/mol. The van der Waals surface area contributed by atoms with Crippen molar-refractivity contribution in [2.45, 2.75) is 97.5 Å². The Kier molecular flexibility index (Phi) is 12.2. The minimum absolute atomic E-state index is 0.0583. The summed E-state index contributed by atoms with van der Waals surface area (Å²) in [4.78, 5) is 73.4. The molecule has 0 radical (unpaired) electrons. The second-order valence-electron chi connectivity index (χ2n) is 9.07. The van der Waals surface area contributed by atoms with Gasteiger partial charge in [0.15, 0.2) is 24.6 Å². The molecule has 0 bridgehead atoms. The molecule has 2 aliphatic rings. The lowest BCUT2D eigenvalue weighted by Crippen LogP contribution is -2.64. The van der Waals surface area contributed by atoms with Crippen molar-refractivity contribution in [3.05, 3.63) is 11.6 Å². The Bertz CT molecular complexity index is 1020. The molecule has 15 heteroatoms. The lowest BCUT2D eigenvalue weighted by molar-refractivity contribution is -0.343. The monoisotopic (exact) mass is 588 g/mol. The average Bonchev–Trinajstić information content (AvgIpc) is 2.87. The first kappa shape index (κ1) is 33.6. The van der Waals surface area contributed by atoms with Crippen molar-refractivity contribution < 1.29 is 71.4 Å². The Labute approximate surface area is 236 Å². The Hall–Kier alpha value is -3.56. The van der Waals surface area contributed by atoms with Crippen LogP contribution in [0.4, 0.5) is 0 Å². The van der Waals surface area contributed by atoms with E-state index in [0.717, 1.165) is 27.7 Å². The largest absolute Gasteiger partial charge is 0.463 e. The van der Waals surface area contributed by atoms with Crippen LogP contribution in [0, 0.1) is 0 Å². The van der Waals surface area contributed by atoms with Gasteiger partial charge in [-0.1, -0.05) is 6.08 Å². The van der Waals surface area contributed by atoms with Gasteiger partial charge in [-0.05, 0) is 26.3 Å². The zero-order chi connectivity index (χ0) is 30.9. The number of esters is 6. The summed E-state index contributed by atoms with van der Waals surface area (Å²) < 4.78 is 49.1. The van der Waals surface area contributed by atoms with Crippen molar-refractivity contribution in [3.63, 3.8) is 0 Å². The number of ether oxygens (including phenoxy) is 9. The van der Waals surface area contributed by atoms with E-state index in [0.29, 0.717) is 5.57 Å². The summed E-state index contributed by atoms with van der Waals surface area (Å²) in [6, 6.07) is 0. The van der Waals surface area contributed by atoms with Gasteiger partial charge in [0.1, 0.15) is 12.7 Å². The molecule has 2 aliphatic heterocycles. The molecule has 0 spiro atoms. The fraction of sp³-hybridized carbons (Fsp3) is 0.692. The second-order valence-corrected chi connectivity index (χ2v) is 9.07. The topological polar surface area (TPSA) is 185 Å². The third kappa shape index (κ3) is 8.71. The molecule has 2 heterocycles. The van der Waals surface area contributed by atoms with Crippen LogP contribution < -0.4 is 0 Å². The van der Waals surface area contributed by atoms with Gasteiger partial charge in [0.2, 0.25) is 6.29 Å². The Morgan fingerprint density at radius 1 is 0.780 bits per heavy atom. The minimum atomic E-state index is -2.23. The van der Waals surface area contributed by atoms with E-state index in [2.05, 4.69) is 0 Å². The molecule has 0 aromatic carbocycles. The van der Waals surface area contributed by atoms with Crippen LogP contribution in [0.1, 0.15) is 54.9 Å². The fourth-order valence-corrected chi connectivity index (χ4v) is 4.12. The quantitative estimate of drug-likeness (QED) is 0.142. The maximum absolute atomic E-state index is 12.9. The summed E-state index contributed by atoms with van der Waals surface area (Å²) >= 11 is 0. The van der Waals surface area contributed by atoms with E-state index < -0.39 is 85.0 Å². The van der Waals surface area contributed by atoms with E-state index in [1.807, 2.05) is 0 Å². The molecule has 1 saturated heterocycles. The SMILES string of the molecule is CCOC(=O)C1(C(=O)OCC)CC=C(C)[C@H](O[C@@H]2O[C@H](COC(C)=O)[C@@H](OC(C)=O)[C@H](OC(C)=O)[C@H]2OC(C)=O)O1. The van der Waals surface area contributed by atoms with Gasteiger partial charge in [0.25, 0.3) is 5.60 Å². The fourth-order valence-electron chi connectivity index (χ4n) is 4.12. The molecule has 6 atom stereocenters. The van der Waals surface area contributed by atoms with Gasteiger partial charge in [0.05, 0.1) is 13.2 Å². The number of hydrogen-bond acceptors (Lipinski definition) is 15. The Morgan fingerprint density at radius 2 is 1.29 bits per heavy atom. The molecule has 0 unspecified atom stereocenters. The van der Waals surface area contributed by atoms with Crippen LogP contribution in [0.5, 0.6) is 0 Å². The molecule has 0 saturated carbocycles. The predicted molar refractivity (Wildman–Crippen MR) is 132 cm³/mol. The normalized spacial score (nSPS) is 27.0. The molecule has 230 valence electrons. The van der Waals surface area contributed by atoms with E-state index in [1.165, 1.54) is 6.08 Å². The smallest absolute Gasteiger partial charge is 0.350 e. The highest BCUT2D eigenvalue weighted by atomic mass is 16.8. The van der Waals surface area contributed by atoms with Gasteiger partial charge in [-0.2, -0.15) is 0 Å². The van der Waals surface area contributed by atoms with Crippen LogP contribution >= 0.6 is 0 Å². The van der Waals surface area contributed by atoms with E-state index in [9.17, 15) is 28.8 Å². The molecular formula is C26H36O15. The van der Waals surface area contributed by atoms with E-state index >= 15 is 0 Å². The number of hydrogen-bond donors (Lipinski definition) is 0. The van der Waals surface area contributed by atoms with Crippen molar-refractivity contribution in [2.24, 2.45) is 0 Å². The lowest BCUT2D eigenvalue weighted by Gasteiger charge is -2.45. The number of carbonyl (C=O) groups is 6. The van der Waals surface area contributed by atoms with Gasteiger partial charge in [-0.25, -0.2) is 9.59 Å². The molecule has 15 nitrogen and oxygen atoms in total. The first-order valence-electron chi connectivity index (χ1n) is 12.9. The van der Waals surface area contributed by atoms with Gasteiger partial charge in [0, 0.05) is 34.1 Å². The van der Waals surface area contributed by atoms with Crippen LogP contribution in [0.15, 0.2) is 11.6 Å². The summed E-state index contributed by atoms with van der Waals surface area (Å²) in [6.07, 6.45) is -7.54. The third-order valence-corrected chi connectivity index (χ3v) is 5.81. The molecule has 0 aromatic heterocycles. The predicted octanol–water partition coefficient (Wildman–Crippen LogP) is 0.644. The van der Waals surface area contributed by atoms with Crippen molar-refractivity contribution in [1.29, 1.82) is 0 Å². The third-order valence-electron chi connectivity index (χ3n) is 5.81. The van der Waals surface area contributed by atoms with Crippen LogP contribution in [0.2, 0.25) is 0 Å². The Morgan fingerprint density at radius 3 is 1.78 bits per heavy atom. The molecular weight excluding hydrogens is 552 g/mol. The van der Waals surface area contributed by atoms with E-state index in [1.54, 1.807) is 20.8 Å². The highest BCUT2D eigenvalue weighted by Crippen LogP contribution is 2.36. The highest BCUT2D eigenvalue weighted by Gasteiger charge is 2.57. The first-order chi connectivity index (χ1) is 19.2. The summed E-state index contributed by atoms with van der Waals surface area (Å²) in [7, 11) is 0. The summed E-state index contributed by atoms with van der Waals surface area (Å²) in [6.45, 7) is 8.45. The van der Waals surface area contributed by atoms with E-state index in [-0.39, 0.29) is 19.6 Å². The molecule has 2 rings (SSSR count). The minimum Gasteiger partial charge on any atom is -0.463 e. The van der Waals surface area contributed by atoms with Crippen molar-refractivity contribution >= 4 is 35.8 Å². The van der Waals surface area contributed by atoms with Crippen molar-refractivity contribution in [3.8, 4) is 0 Å². The maximum atomic E-state index is 12.9. The zero-order valence-electron chi connectivity index (χ0n) is 24.0. The Balaban J connectivity index is 2.54. The van der Waals surface area contributed by atoms with Gasteiger partial charge < -0.3 is 42.6 Å². The zero-order valence-corrected chi connectivity index (χ0v) is 24.0. The lowest BCUT2D eigenvalue weighted by atomic mass is 9.94. The van der Waals surface area contributed by atoms with Crippen LogP contribution in [0.25, 0.3) is 0 Å². The maximum Gasteiger partial charge on any atom is 0.350 e. The van der Waals surface area contributed by atoms with Crippen molar-refractivity contribution in [2.75, 3.05) is 19.8 Å². The molecule has 0 N–H and O–H groups in total. The molecule has 41 heavy (non-hydrogen) atoms. The summed E-state index contributed by atoms with van der Waals surface area (Å²) in [5, 5.41) is 0.